The number of aromatic nitrogens is 1. The third-order valence-electron chi connectivity index (χ3n) is 3.54. The first kappa shape index (κ1) is 15.2. The van der Waals surface area contributed by atoms with E-state index in [-0.39, 0.29) is 17.6 Å². The van der Waals surface area contributed by atoms with Crippen LogP contribution in [0.1, 0.15) is 12.8 Å². The minimum atomic E-state index is -0.465. The Kier molecular flexibility index (Phi) is 4.68. The summed E-state index contributed by atoms with van der Waals surface area (Å²) in [7, 11) is 0. The van der Waals surface area contributed by atoms with Gasteiger partial charge in [-0.1, -0.05) is 6.07 Å². The third-order valence-corrected chi connectivity index (χ3v) is 3.54. The maximum absolute atomic E-state index is 11.0. The van der Waals surface area contributed by atoms with Crippen molar-refractivity contribution in [2.45, 2.75) is 18.9 Å². The molecule has 120 valence electrons. The Morgan fingerprint density at radius 2 is 2.30 bits per heavy atom. The lowest BCUT2D eigenvalue weighted by atomic mass is 10.2. The van der Waals surface area contributed by atoms with E-state index >= 15 is 0 Å². The lowest BCUT2D eigenvalue weighted by Crippen LogP contribution is -2.16. The molecule has 1 aromatic heterocycles. The van der Waals surface area contributed by atoms with Crippen LogP contribution in [0.4, 0.5) is 17.2 Å². The second-order valence-corrected chi connectivity index (χ2v) is 5.23. The molecule has 0 spiro atoms. The largest absolute Gasteiger partial charge is 0.491 e. The van der Waals surface area contributed by atoms with Crippen LogP contribution in [0.25, 0.3) is 0 Å². The Morgan fingerprint density at radius 1 is 1.39 bits per heavy atom. The number of benzene rings is 1. The number of anilines is 2. The van der Waals surface area contributed by atoms with Crippen molar-refractivity contribution in [2.24, 2.45) is 0 Å². The van der Waals surface area contributed by atoms with Gasteiger partial charge in [-0.2, -0.15) is 0 Å². The standard InChI is InChI=1S/C16H17N3O4/c20-19(21)15-7-2-8-17-16(15)18-12-4-1-5-13(10-12)23-11-14-6-3-9-22-14/h1-2,4-5,7-8,10,14H,3,6,9,11H2,(H,17,18). The Balaban J connectivity index is 1.69. The molecule has 1 aromatic carbocycles. The van der Waals surface area contributed by atoms with Crippen molar-refractivity contribution in [3.63, 3.8) is 0 Å². The molecule has 3 rings (SSSR count). The number of ether oxygens (including phenoxy) is 2. The second-order valence-electron chi connectivity index (χ2n) is 5.23. The highest BCUT2D eigenvalue weighted by atomic mass is 16.6. The summed E-state index contributed by atoms with van der Waals surface area (Å²) in [4.78, 5) is 14.6. The van der Waals surface area contributed by atoms with E-state index < -0.39 is 4.92 Å². The fourth-order valence-corrected chi connectivity index (χ4v) is 2.41. The van der Waals surface area contributed by atoms with Gasteiger partial charge >= 0.3 is 5.69 Å². The number of rotatable bonds is 6. The number of nitro groups is 1. The minimum Gasteiger partial charge on any atom is -0.491 e. The van der Waals surface area contributed by atoms with Crippen LogP contribution < -0.4 is 10.1 Å². The van der Waals surface area contributed by atoms with E-state index in [1.54, 1.807) is 12.1 Å². The van der Waals surface area contributed by atoms with Gasteiger partial charge in [0.25, 0.3) is 0 Å². The van der Waals surface area contributed by atoms with Crippen molar-refractivity contribution in [1.82, 2.24) is 4.98 Å². The predicted molar refractivity (Wildman–Crippen MR) is 85.1 cm³/mol. The Morgan fingerprint density at radius 3 is 3.09 bits per heavy atom. The van der Waals surface area contributed by atoms with E-state index in [0.717, 1.165) is 19.4 Å². The molecule has 7 heteroatoms. The second kappa shape index (κ2) is 7.06. The van der Waals surface area contributed by atoms with Crippen LogP contribution in [0.15, 0.2) is 42.6 Å². The molecule has 0 aliphatic carbocycles. The van der Waals surface area contributed by atoms with Crippen molar-refractivity contribution in [3.05, 3.63) is 52.7 Å². The highest BCUT2D eigenvalue weighted by molar-refractivity contribution is 5.65. The topological polar surface area (TPSA) is 86.5 Å². The normalized spacial score (nSPS) is 17.0. The number of nitrogens with one attached hydrogen (secondary N) is 1. The fraction of sp³-hybridized carbons (Fsp3) is 0.312. The molecule has 0 bridgehead atoms. The van der Waals surface area contributed by atoms with Crippen molar-refractivity contribution in [1.29, 1.82) is 0 Å². The summed E-state index contributed by atoms with van der Waals surface area (Å²) in [5.41, 5.74) is 0.606. The van der Waals surface area contributed by atoms with Crippen molar-refractivity contribution >= 4 is 17.2 Å². The van der Waals surface area contributed by atoms with E-state index in [4.69, 9.17) is 9.47 Å². The molecular weight excluding hydrogens is 298 g/mol. The third kappa shape index (κ3) is 3.95. The van der Waals surface area contributed by atoms with Gasteiger partial charge in [-0.15, -0.1) is 0 Å². The van der Waals surface area contributed by atoms with Crippen LogP contribution in [-0.2, 0) is 4.74 Å². The molecule has 0 saturated carbocycles. The van der Waals surface area contributed by atoms with Crippen LogP contribution in [-0.4, -0.2) is 29.2 Å². The van der Waals surface area contributed by atoms with Crippen molar-refractivity contribution in [2.75, 3.05) is 18.5 Å². The molecule has 1 fully saturated rings. The zero-order valence-electron chi connectivity index (χ0n) is 12.5. The zero-order chi connectivity index (χ0) is 16.1. The average Bonchev–Trinajstić information content (AvgIpc) is 3.07. The summed E-state index contributed by atoms with van der Waals surface area (Å²) in [5.74, 6) is 0.887. The van der Waals surface area contributed by atoms with Gasteiger partial charge in [0.05, 0.1) is 11.0 Å². The monoisotopic (exact) mass is 315 g/mol. The SMILES string of the molecule is O=[N+]([O-])c1cccnc1Nc1cccc(OCC2CCCO2)c1. The van der Waals surface area contributed by atoms with Gasteiger partial charge in [0.1, 0.15) is 12.4 Å². The van der Waals surface area contributed by atoms with Gasteiger partial charge in [-0.3, -0.25) is 10.1 Å². The van der Waals surface area contributed by atoms with E-state index in [1.165, 1.54) is 18.3 Å². The van der Waals surface area contributed by atoms with Gasteiger partial charge in [-0.05, 0) is 31.0 Å². The van der Waals surface area contributed by atoms with Gasteiger partial charge in [0.2, 0.25) is 5.82 Å². The van der Waals surface area contributed by atoms with Crippen LogP contribution in [0, 0.1) is 10.1 Å². The Labute approximate surface area is 133 Å². The van der Waals surface area contributed by atoms with Gasteiger partial charge in [0.15, 0.2) is 0 Å². The van der Waals surface area contributed by atoms with Crippen LogP contribution in [0.3, 0.4) is 0 Å². The van der Waals surface area contributed by atoms with E-state index in [1.807, 2.05) is 12.1 Å². The van der Waals surface area contributed by atoms with Crippen molar-refractivity contribution < 1.29 is 14.4 Å². The van der Waals surface area contributed by atoms with Crippen LogP contribution in [0.2, 0.25) is 0 Å². The summed E-state index contributed by atoms with van der Waals surface area (Å²) >= 11 is 0. The number of hydrogen-bond acceptors (Lipinski definition) is 6. The maximum Gasteiger partial charge on any atom is 0.311 e. The average molecular weight is 315 g/mol. The van der Waals surface area contributed by atoms with Crippen molar-refractivity contribution in [3.8, 4) is 5.75 Å². The smallest absolute Gasteiger partial charge is 0.311 e. The number of pyridine rings is 1. The molecule has 1 unspecified atom stereocenters. The van der Waals surface area contributed by atoms with E-state index in [2.05, 4.69) is 10.3 Å². The van der Waals surface area contributed by atoms with Gasteiger partial charge in [-0.25, -0.2) is 4.98 Å². The summed E-state index contributed by atoms with van der Waals surface area (Å²) < 4.78 is 11.2. The van der Waals surface area contributed by atoms with Crippen LogP contribution >= 0.6 is 0 Å². The molecule has 1 aliphatic rings. The first-order valence-electron chi connectivity index (χ1n) is 7.43. The van der Waals surface area contributed by atoms with E-state index in [9.17, 15) is 10.1 Å². The van der Waals surface area contributed by atoms with Crippen LogP contribution in [0.5, 0.6) is 5.75 Å². The molecule has 2 heterocycles. The molecular formula is C16H17N3O4. The Hall–Kier alpha value is -2.67. The summed E-state index contributed by atoms with van der Waals surface area (Å²) in [6.07, 6.45) is 3.73. The molecule has 0 radical (unpaired) electrons. The molecule has 1 saturated heterocycles. The van der Waals surface area contributed by atoms with Gasteiger partial charge in [0, 0.05) is 30.6 Å². The first-order chi connectivity index (χ1) is 11.2. The summed E-state index contributed by atoms with van der Waals surface area (Å²) in [5, 5.41) is 14.0. The number of nitrogens with zero attached hydrogens (tertiary/aromatic N) is 2. The number of hydrogen-bond donors (Lipinski definition) is 1. The van der Waals surface area contributed by atoms with Gasteiger partial charge < -0.3 is 14.8 Å². The Bertz CT molecular complexity index is 687. The molecule has 1 N–H and O–H groups in total. The first-order valence-corrected chi connectivity index (χ1v) is 7.43. The minimum absolute atomic E-state index is 0.0711. The molecule has 7 nitrogen and oxygen atoms in total. The molecule has 2 aromatic rings. The lowest BCUT2D eigenvalue weighted by Gasteiger charge is -2.12. The fourth-order valence-electron chi connectivity index (χ4n) is 2.41. The quantitative estimate of drug-likeness (QED) is 0.650. The molecule has 23 heavy (non-hydrogen) atoms. The summed E-state index contributed by atoms with van der Waals surface area (Å²) in [6.45, 7) is 1.30. The summed E-state index contributed by atoms with van der Waals surface area (Å²) in [6, 6.07) is 10.2. The van der Waals surface area contributed by atoms with E-state index in [0.29, 0.717) is 18.0 Å². The lowest BCUT2D eigenvalue weighted by molar-refractivity contribution is -0.384. The molecule has 1 aliphatic heterocycles. The zero-order valence-corrected chi connectivity index (χ0v) is 12.5. The highest BCUT2D eigenvalue weighted by Crippen LogP contribution is 2.26. The maximum atomic E-state index is 11.0. The predicted octanol–water partition coefficient (Wildman–Crippen LogP) is 3.29. The molecule has 0 amide bonds. The highest BCUT2D eigenvalue weighted by Gasteiger charge is 2.17. The molecule has 1 atom stereocenters.